The van der Waals surface area contributed by atoms with Crippen LogP contribution in [0.2, 0.25) is 0 Å². The number of nitrogens with zero attached hydrogens (tertiary/aromatic N) is 2. The summed E-state index contributed by atoms with van der Waals surface area (Å²) in [6.07, 6.45) is 1.56. The highest BCUT2D eigenvalue weighted by Gasteiger charge is 2.34. The lowest BCUT2D eigenvalue weighted by atomic mass is 10.0. The maximum atomic E-state index is 11.3. The van der Waals surface area contributed by atoms with E-state index in [2.05, 4.69) is 5.16 Å². The van der Waals surface area contributed by atoms with Crippen molar-refractivity contribution in [1.29, 1.82) is 0 Å². The number of hydrogen-bond donors (Lipinski definition) is 1. The van der Waals surface area contributed by atoms with E-state index in [4.69, 9.17) is 21.5 Å². The van der Waals surface area contributed by atoms with Crippen LogP contribution in [0.15, 0.2) is 5.16 Å². The minimum atomic E-state index is -0.317. The molecule has 0 aromatic rings. The molecular formula is C9H15ClN2O3. The highest BCUT2D eigenvalue weighted by atomic mass is 35.5. The van der Waals surface area contributed by atoms with Gasteiger partial charge in [0.2, 0.25) is 0 Å². The maximum Gasteiger partial charge on any atom is 0.409 e. The Hall–Kier alpha value is -0.970. The number of amides is 1. The van der Waals surface area contributed by atoms with Crippen molar-refractivity contribution in [3.05, 3.63) is 0 Å². The standard InChI is InChI=1S/C9H15ClN2O3/c1-2-3-4-15-9(13)12-5-7(6-12)8(10)11-14/h7,14H,2-6H2,1H3/b11-8+. The summed E-state index contributed by atoms with van der Waals surface area (Å²) in [7, 11) is 0. The van der Waals surface area contributed by atoms with Crippen molar-refractivity contribution in [2.45, 2.75) is 19.8 Å². The molecule has 1 aliphatic rings. The summed E-state index contributed by atoms with van der Waals surface area (Å²) >= 11 is 5.59. The quantitative estimate of drug-likeness (QED) is 0.350. The van der Waals surface area contributed by atoms with Crippen LogP contribution >= 0.6 is 11.6 Å². The third-order valence-electron chi connectivity index (χ3n) is 2.30. The number of carbonyl (C=O) groups is 1. The van der Waals surface area contributed by atoms with Crippen LogP contribution in [0.5, 0.6) is 0 Å². The molecular weight excluding hydrogens is 220 g/mol. The van der Waals surface area contributed by atoms with Gasteiger partial charge in [0, 0.05) is 13.1 Å². The highest BCUT2D eigenvalue weighted by molar-refractivity contribution is 6.65. The zero-order chi connectivity index (χ0) is 11.3. The van der Waals surface area contributed by atoms with Crippen molar-refractivity contribution >= 4 is 22.9 Å². The molecule has 0 atom stereocenters. The average Bonchev–Trinajstić information content (AvgIpc) is 2.15. The van der Waals surface area contributed by atoms with Crippen molar-refractivity contribution in [3.8, 4) is 0 Å². The lowest BCUT2D eigenvalue weighted by molar-refractivity contribution is 0.0682. The van der Waals surface area contributed by atoms with Crippen LogP contribution in [0.1, 0.15) is 19.8 Å². The Morgan fingerprint density at radius 2 is 2.33 bits per heavy atom. The fraction of sp³-hybridized carbons (Fsp3) is 0.778. The molecule has 15 heavy (non-hydrogen) atoms. The summed E-state index contributed by atoms with van der Waals surface area (Å²) in [5.74, 6) is -0.0459. The van der Waals surface area contributed by atoms with E-state index in [9.17, 15) is 4.79 Å². The first-order chi connectivity index (χ1) is 7.19. The Kier molecular flexibility index (Phi) is 4.68. The van der Waals surface area contributed by atoms with E-state index in [0.29, 0.717) is 19.7 Å². The molecule has 0 aliphatic carbocycles. The molecule has 1 rings (SSSR count). The first-order valence-electron chi connectivity index (χ1n) is 4.98. The van der Waals surface area contributed by atoms with Crippen LogP contribution in [-0.2, 0) is 4.74 Å². The second-order valence-corrected chi connectivity index (χ2v) is 3.88. The number of halogens is 1. The summed E-state index contributed by atoms with van der Waals surface area (Å²) < 4.78 is 4.99. The number of carbonyl (C=O) groups excluding carboxylic acids is 1. The van der Waals surface area contributed by atoms with E-state index in [-0.39, 0.29) is 17.2 Å². The highest BCUT2D eigenvalue weighted by Crippen LogP contribution is 2.19. The third kappa shape index (κ3) is 3.27. The Bertz CT molecular complexity index is 252. The monoisotopic (exact) mass is 234 g/mol. The van der Waals surface area contributed by atoms with Crippen LogP contribution < -0.4 is 0 Å². The Morgan fingerprint density at radius 1 is 1.67 bits per heavy atom. The first kappa shape index (κ1) is 12.1. The Morgan fingerprint density at radius 3 is 2.87 bits per heavy atom. The van der Waals surface area contributed by atoms with Gasteiger partial charge in [0.25, 0.3) is 0 Å². The summed E-state index contributed by atoms with van der Waals surface area (Å²) in [6.45, 7) is 3.42. The second kappa shape index (κ2) is 5.80. The minimum absolute atomic E-state index is 0.0459. The van der Waals surface area contributed by atoms with Gasteiger partial charge >= 0.3 is 6.09 Å². The van der Waals surface area contributed by atoms with E-state index < -0.39 is 0 Å². The number of likely N-dealkylation sites (tertiary alicyclic amines) is 1. The molecule has 0 radical (unpaired) electrons. The molecule has 1 saturated heterocycles. The van der Waals surface area contributed by atoms with Crippen LogP contribution in [0.3, 0.4) is 0 Å². The number of unbranched alkanes of at least 4 members (excludes halogenated alkanes) is 1. The number of oxime groups is 1. The molecule has 1 amide bonds. The molecule has 5 nitrogen and oxygen atoms in total. The molecule has 0 bridgehead atoms. The van der Waals surface area contributed by atoms with Gasteiger partial charge in [-0.1, -0.05) is 30.1 Å². The summed E-state index contributed by atoms with van der Waals surface area (Å²) in [4.78, 5) is 12.9. The van der Waals surface area contributed by atoms with Gasteiger partial charge in [-0.15, -0.1) is 0 Å². The van der Waals surface area contributed by atoms with Crippen molar-refractivity contribution in [3.63, 3.8) is 0 Å². The van der Waals surface area contributed by atoms with Crippen LogP contribution in [0.25, 0.3) is 0 Å². The van der Waals surface area contributed by atoms with Crippen LogP contribution in [-0.4, -0.2) is 41.1 Å². The van der Waals surface area contributed by atoms with Crippen LogP contribution in [0, 0.1) is 5.92 Å². The molecule has 0 spiro atoms. The largest absolute Gasteiger partial charge is 0.449 e. The van der Waals surface area contributed by atoms with Crippen molar-refractivity contribution in [2.24, 2.45) is 11.1 Å². The number of rotatable bonds is 4. The summed E-state index contributed by atoms with van der Waals surface area (Å²) in [5.41, 5.74) is 0. The van der Waals surface area contributed by atoms with Gasteiger partial charge in [-0.25, -0.2) is 4.79 Å². The van der Waals surface area contributed by atoms with Gasteiger partial charge < -0.3 is 14.8 Å². The molecule has 86 valence electrons. The summed E-state index contributed by atoms with van der Waals surface area (Å²) in [5, 5.41) is 11.4. The van der Waals surface area contributed by atoms with Crippen LogP contribution in [0.4, 0.5) is 4.79 Å². The maximum absolute atomic E-state index is 11.3. The molecule has 1 N–H and O–H groups in total. The van der Waals surface area contributed by atoms with Crippen molar-refractivity contribution in [2.75, 3.05) is 19.7 Å². The van der Waals surface area contributed by atoms with Gasteiger partial charge in [-0.3, -0.25) is 0 Å². The van der Waals surface area contributed by atoms with Crippen molar-refractivity contribution < 1.29 is 14.7 Å². The SMILES string of the molecule is CCCCOC(=O)N1CC(/C(Cl)=N\O)C1. The van der Waals surface area contributed by atoms with Gasteiger partial charge in [0.05, 0.1) is 12.5 Å². The summed E-state index contributed by atoms with van der Waals surface area (Å²) in [6, 6.07) is 0. The molecule has 1 heterocycles. The lowest BCUT2D eigenvalue weighted by Crippen LogP contribution is -2.52. The van der Waals surface area contributed by atoms with Crippen molar-refractivity contribution in [1.82, 2.24) is 4.90 Å². The van der Waals surface area contributed by atoms with E-state index >= 15 is 0 Å². The second-order valence-electron chi connectivity index (χ2n) is 3.49. The molecule has 0 saturated carbocycles. The molecule has 1 fully saturated rings. The average molecular weight is 235 g/mol. The smallest absolute Gasteiger partial charge is 0.409 e. The topological polar surface area (TPSA) is 62.1 Å². The van der Waals surface area contributed by atoms with Gasteiger partial charge in [-0.2, -0.15) is 0 Å². The molecule has 1 aliphatic heterocycles. The fourth-order valence-corrected chi connectivity index (χ4v) is 1.39. The predicted molar refractivity (Wildman–Crippen MR) is 56.4 cm³/mol. The Labute approximate surface area is 93.6 Å². The van der Waals surface area contributed by atoms with E-state index in [1.54, 1.807) is 0 Å². The van der Waals surface area contributed by atoms with Gasteiger partial charge in [-0.05, 0) is 6.42 Å². The van der Waals surface area contributed by atoms with E-state index in [1.165, 1.54) is 4.90 Å². The Balaban J connectivity index is 2.18. The normalized spacial score (nSPS) is 17.5. The van der Waals surface area contributed by atoms with E-state index in [0.717, 1.165) is 12.8 Å². The number of hydrogen-bond acceptors (Lipinski definition) is 4. The van der Waals surface area contributed by atoms with Gasteiger partial charge in [0.1, 0.15) is 0 Å². The molecule has 6 heteroatoms. The third-order valence-corrected chi connectivity index (χ3v) is 2.68. The molecule has 0 aromatic carbocycles. The number of ether oxygens (including phenoxy) is 1. The van der Waals surface area contributed by atoms with E-state index in [1.807, 2.05) is 6.92 Å². The zero-order valence-electron chi connectivity index (χ0n) is 8.65. The minimum Gasteiger partial charge on any atom is -0.449 e. The zero-order valence-corrected chi connectivity index (χ0v) is 9.40. The molecule has 0 aromatic heterocycles. The van der Waals surface area contributed by atoms with Gasteiger partial charge in [0.15, 0.2) is 5.17 Å². The lowest BCUT2D eigenvalue weighted by Gasteiger charge is -2.36. The first-order valence-corrected chi connectivity index (χ1v) is 5.36. The molecule has 0 unspecified atom stereocenters. The predicted octanol–water partition coefficient (Wildman–Crippen LogP) is 1.88. The fourth-order valence-electron chi connectivity index (χ4n) is 1.26.